The molecule has 0 amide bonds. The lowest BCUT2D eigenvalue weighted by molar-refractivity contribution is 0.319. The van der Waals surface area contributed by atoms with Gasteiger partial charge in [-0.2, -0.15) is 0 Å². The number of benzene rings is 1. The molecule has 104 valence electrons. The van der Waals surface area contributed by atoms with Crippen LogP contribution >= 0.6 is 0 Å². The second-order valence-corrected chi connectivity index (χ2v) is 5.67. The first kappa shape index (κ1) is 14.1. The lowest BCUT2D eigenvalue weighted by Gasteiger charge is -2.30. The lowest BCUT2D eigenvalue weighted by atomic mass is 9.80. The van der Waals surface area contributed by atoms with Crippen molar-refractivity contribution in [3.63, 3.8) is 0 Å². The molecule has 0 saturated heterocycles. The van der Waals surface area contributed by atoms with Crippen LogP contribution in [-0.2, 0) is 0 Å². The van der Waals surface area contributed by atoms with Gasteiger partial charge in [-0.25, -0.2) is 0 Å². The summed E-state index contributed by atoms with van der Waals surface area (Å²) in [6.07, 6.45) is 8.61. The minimum atomic E-state index is 0.557. The van der Waals surface area contributed by atoms with Crippen LogP contribution in [0.25, 0.3) is 0 Å². The molecule has 0 heterocycles. The summed E-state index contributed by atoms with van der Waals surface area (Å²) >= 11 is 0. The highest BCUT2D eigenvalue weighted by Crippen LogP contribution is 2.34. The molecule has 0 fully saturated rings. The summed E-state index contributed by atoms with van der Waals surface area (Å²) in [5, 5.41) is 0. The van der Waals surface area contributed by atoms with E-state index < -0.39 is 0 Å². The van der Waals surface area contributed by atoms with Crippen molar-refractivity contribution in [2.45, 2.75) is 25.2 Å². The molecule has 1 aliphatic rings. The zero-order valence-electron chi connectivity index (χ0n) is 12.3. The summed E-state index contributed by atoms with van der Waals surface area (Å²) in [5.74, 6) is 2.17. The van der Waals surface area contributed by atoms with Crippen LogP contribution in [0.1, 0.15) is 30.7 Å². The van der Waals surface area contributed by atoms with Gasteiger partial charge >= 0.3 is 0 Å². The van der Waals surface area contributed by atoms with Crippen molar-refractivity contribution in [1.82, 2.24) is 4.90 Å². The van der Waals surface area contributed by atoms with E-state index in [0.29, 0.717) is 11.8 Å². The van der Waals surface area contributed by atoms with Crippen molar-refractivity contribution >= 4 is 0 Å². The maximum Gasteiger partial charge on any atom is 0.119 e. The van der Waals surface area contributed by atoms with Crippen LogP contribution in [0.3, 0.4) is 0 Å². The van der Waals surface area contributed by atoms with Gasteiger partial charge in [-0.1, -0.05) is 24.3 Å². The fourth-order valence-corrected chi connectivity index (χ4v) is 2.93. The molecule has 2 atom stereocenters. The van der Waals surface area contributed by atoms with E-state index in [2.05, 4.69) is 49.3 Å². The molecule has 0 saturated carbocycles. The van der Waals surface area contributed by atoms with Crippen molar-refractivity contribution in [1.29, 1.82) is 0 Å². The summed E-state index contributed by atoms with van der Waals surface area (Å²) in [6, 6.07) is 8.55. The second-order valence-electron chi connectivity index (χ2n) is 5.67. The van der Waals surface area contributed by atoms with Crippen LogP contribution in [0.2, 0.25) is 0 Å². The Morgan fingerprint density at radius 2 is 2.21 bits per heavy atom. The molecule has 0 aliphatic heterocycles. The first-order valence-electron chi connectivity index (χ1n) is 7.16. The number of allylic oxidation sites excluding steroid dienone is 2. The fourth-order valence-electron chi connectivity index (χ4n) is 2.93. The molecule has 2 nitrogen and oxygen atoms in total. The summed E-state index contributed by atoms with van der Waals surface area (Å²) in [4.78, 5) is 2.28. The van der Waals surface area contributed by atoms with E-state index in [0.717, 1.165) is 12.3 Å². The van der Waals surface area contributed by atoms with Gasteiger partial charge < -0.3 is 9.64 Å². The molecule has 19 heavy (non-hydrogen) atoms. The van der Waals surface area contributed by atoms with Gasteiger partial charge in [0.1, 0.15) is 5.75 Å². The Kier molecular flexibility index (Phi) is 5.03. The maximum absolute atomic E-state index is 5.37. The number of hydrogen-bond donors (Lipinski definition) is 0. The molecule has 2 unspecified atom stereocenters. The van der Waals surface area contributed by atoms with Crippen molar-refractivity contribution in [2.24, 2.45) is 5.92 Å². The zero-order chi connectivity index (χ0) is 13.7. The first-order chi connectivity index (χ1) is 9.20. The number of likely N-dealkylation sites (N-methyl/N-ethyl adjacent to an activating group) is 1. The lowest BCUT2D eigenvalue weighted by Crippen LogP contribution is -2.26. The Labute approximate surface area is 117 Å². The minimum Gasteiger partial charge on any atom is -0.497 e. The van der Waals surface area contributed by atoms with Crippen LogP contribution < -0.4 is 4.74 Å². The van der Waals surface area contributed by atoms with E-state index in [1.807, 2.05) is 6.07 Å². The van der Waals surface area contributed by atoms with Gasteiger partial charge in [0.2, 0.25) is 0 Å². The Bertz CT molecular complexity index is 425. The standard InChI is InChI=1S/C17H25NO/c1-18(2)13-17(14-8-5-4-6-9-14)15-10-7-11-16(12-15)19-3/h5,7-8,10-12,14,17H,4,6,9,13H2,1-3H3. The van der Waals surface area contributed by atoms with Gasteiger partial charge in [0, 0.05) is 12.5 Å². The summed E-state index contributed by atoms with van der Waals surface area (Å²) in [7, 11) is 6.04. The maximum atomic E-state index is 5.37. The van der Waals surface area contributed by atoms with E-state index in [1.54, 1.807) is 7.11 Å². The highest BCUT2D eigenvalue weighted by molar-refractivity contribution is 5.32. The van der Waals surface area contributed by atoms with Crippen LogP contribution in [0.4, 0.5) is 0 Å². The van der Waals surface area contributed by atoms with Gasteiger partial charge in [-0.05, 0) is 57.0 Å². The van der Waals surface area contributed by atoms with Crippen LogP contribution in [0.5, 0.6) is 5.75 Å². The van der Waals surface area contributed by atoms with Crippen molar-refractivity contribution in [3.05, 3.63) is 42.0 Å². The molecule has 1 aromatic rings. The average molecular weight is 259 g/mol. The zero-order valence-corrected chi connectivity index (χ0v) is 12.3. The van der Waals surface area contributed by atoms with Gasteiger partial charge in [0.15, 0.2) is 0 Å². The topological polar surface area (TPSA) is 12.5 Å². The number of methoxy groups -OCH3 is 1. The second kappa shape index (κ2) is 6.76. The Morgan fingerprint density at radius 1 is 1.37 bits per heavy atom. The van der Waals surface area contributed by atoms with E-state index in [-0.39, 0.29) is 0 Å². The van der Waals surface area contributed by atoms with Crippen molar-refractivity contribution in [3.8, 4) is 5.75 Å². The molecule has 0 spiro atoms. The molecule has 1 aliphatic carbocycles. The number of rotatable bonds is 5. The van der Waals surface area contributed by atoms with Crippen LogP contribution in [0.15, 0.2) is 36.4 Å². The Morgan fingerprint density at radius 3 is 2.84 bits per heavy atom. The summed E-state index contributed by atoms with van der Waals surface area (Å²) < 4.78 is 5.37. The Balaban J connectivity index is 2.24. The van der Waals surface area contributed by atoms with E-state index >= 15 is 0 Å². The van der Waals surface area contributed by atoms with E-state index in [9.17, 15) is 0 Å². The minimum absolute atomic E-state index is 0.557. The van der Waals surface area contributed by atoms with Crippen molar-refractivity contribution in [2.75, 3.05) is 27.7 Å². The molecular formula is C17H25NO. The molecule has 0 radical (unpaired) electrons. The summed E-state index contributed by atoms with van der Waals surface area (Å²) in [6.45, 7) is 1.09. The van der Waals surface area contributed by atoms with Gasteiger partial charge in [0.05, 0.1) is 7.11 Å². The number of ether oxygens (including phenoxy) is 1. The molecule has 0 bridgehead atoms. The summed E-state index contributed by atoms with van der Waals surface area (Å²) in [5.41, 5.74) is 1.39. The Hall–Kier alpha value is -1.28. The fraction of sp³-hybridized carbons (Fsp3) is 0.529. The third-order valence-electron chi connectivity index (χ3n) is 3.89. The normalized spacial score (nSPS) is 20.5. The van der Waals surface area contributed by atoms with Gasteiger partial charge in [-0.3, -0.25) is 0 Å². The average Bonchev–Trinajstić information content (AvgIpc) is 2.45. The SMILES string of the molecule is COc1cccc(C(CN(C)C)C2C=CCCC2)c1. The van der Waals surface area contributed by atoms with Gasteiger partial charge in [-0.15, -0.1) is 0 Å². The first-order valence-corrected chi connectivity index (χ1v) is 7.16. The molecule has 2 heteroatoms. The van der Waals surface area contributed by atoms with Crippen molar-refractivity contribution < 1.29 is 4.74 Å². The largest absolute Gasteiger partial charge is 0.497 e. The highest BCUT2D eigenvalue weighted by atomic mass is 16.5. The number of nitrogens with zero attached hydrogens (tertiary/aromatic N) is 1. The van der Waals surface area contributed by atoms with E-state index in [4.69, 9.17) is 4.74 Å². The number of hydrogen-bond acceptors (Lipinski definition) is 2. The predicted molar refractivity (Wildman–Crippen MR) is 80.8 cm³/mol. The molecule has 1 aromatic carbocycles. The molecule has 0 N–H and O–H groups in total. The molecular weight excluding hydrogens is 234 g/mol. The predicted octanol–water partition coefficient (Wildman–Crippen LogP) is 3.70. The monoisotopic (exact) mass is 259 g/mol. The van der Waals surface area contributed by atoms with Crippen LogP contribution in [-0.4, -0.2) is 32.6 Å². The quantitative estimate of drug-likeness (QED) is 0.748. The molecule has 2 rings (SSSR count). The highest BCUT2D eigenvalue weighted by Gasteiger charge is 2.23. The van der Waals surface area contributed by atoms with Crippen LogP contribution in [0, 0.1) is 5.92 Å². The van der Waals surface area contributed by atoms with Gasteiger partial charge in [0.25, 0.3) is 0 Å². The molecule has 0 aromatic heterocycles. The third kappa shape index (κ3) is 3.84. The third-order valence-corrected chi connectivity index (χ3v) is 3.89. The van der Waals surface area contributed by atoms with E-state index in [1.165, 1.54) is 24.8 Å². The smallest absolute Gasteiger partial charge is 0.119 e.